The lowest BCUT2D eigenvalue weighted by atomic mass is 9.73. The minimum absolute atomic E-state index is 0.00334. The van der Waals surface area contributed by atoms with Crippen molar-refractivity contribution in [3.8, 4) is 5.75 Å². The number of amides is 1. The summed E-state index contributed by atoms with van der Waals surface area (Å²) in [6.07, 6.45) is 0.736. The van der Waals surface area contributed by atoms with E-state index in [9.17, 15) is 4.79 Å². The predicted octanol–water partition coefficient (Wildman–Crippen LogP) is 4.95. The van der Waals surface area contributed by atoms with Gasteiger partial charge in [-0.2, -0.15) is 0 Å². The second-order valence-electron chi connectivity index (χ2n) is 7.83. The lowest BCUT2D eigenvalue weighted by Gasteiger charge is -2.47. The van der Waals surface area contributed by atoms with Gasteiger partial charge in [0.25, 0.3) is 0 Å². The summed E-state index contributed by atoms with van der Waals surface area (Å²) in [7, 11) is 0. The van der Waals surface area contributed by atoms with Crippen LogP contribution in [0.3, 0.4) is 0 Å². The van der Waals surface area contributed by atoms with Crippen molar-refractivity contribution in [1.29, 1.82) is 0 Å². The number of benzene rings is 3. The van der Waals surface area contributed by atoms with Gasteiger partial charge >= 0.3 is 0 Å². The zero-order chi connectivity index (χ0) is 18.9. The Morgan fingerprint density at radius 1 is 1.11 bits per heavy atom. The fourth-order valence-electron chi connectivity index (χ4n) is 4.74. The minimum Gasteiger partial charge on any atom is -0.468 e. The molecule has 2 aliphatic rings. The molecule has 0 saturated carbocycles. The standard InChI is InChI=1S/C23H18N2O2S/c1-23-12-15(19-14-7-3-2-6-13(14)10-11-17(19)27-23)20(21(26)25-23)22-24-16-8-4-5-9-18(16)28-22/h2-11,15,20H,12H2,1H3,(H,25,26)/t15-,20+,23-/m1/s1. The number of carbonyl (C=O) groups excluding carboxylic acids is 1. The molecular weight excluding hydrogens is 368 g/mol. The largest absolute Gasteiger partial charge is 0.468 e. The number of thiazole rings is 1. The molecule has 3 aromatic carbocycles. The predicted molar refractivity (Wildman–Crippen MR) is 111 cm³/mol. The van der Waals surface area contributed by atoms with Crippen LogP contribution in [0.4, 0.5) is 0 Å². The smallest absolute Gasteiger partial charge is 0.233 e. The third-order valence-corrected chi connectivity index (χ3v) is 7.01. The van der Waals surface area contributed by atoms with Gasteiger partial charge in [-0.25, -0.2) is 4.98 Å². The minimum atomic E-state index is -0.676. The van der Waals surface area contributed by atoms with E-state index in [0.29, 0.717) is 0 Å². The topological polar surface area (TPSA) is 51.2 Å². The number of nitrogens with zero attached hydrogens (tertiary/aromatic N) is 1. The van der Waals surface area contributed by atoms with Gasteiger partial charge in [-0.3, -0.25) is 4.79 Å². The number of para-hydroxylation sites is 1. The molecule has 1 N–H and O–H groups in total. The lowest BCUT2D eigenvalue weighted by Crippen LogP contribution is -2.59. The number of carbonyl (C=O) groups is 1. The summed E-state index contributed by atoms with van der Waals surface area (Å²) in [5, 5.41) is 6.32. The number of piperidine rings is 1. The molecule has 2 bridgehead atoms. The van der Waals surface area contributed by atoms with Gasteiger partial charge in [-0.15, -0.1) is 11.3 Å². The Kier molecular flexibility index (Phi) is 3.19. The molecule has 5 heteroatoms. The molecule has 1 amide bonds. The first-order chi connectivity index (χ1) is 13.6. The Morgan fingerprint density at radius 3 is 2.82 bits per heavy atom. The van der Waals surface area contributed by atoms with Crippen LogP contribution in [0, 0.1) is 0 Å². The van der Waals surface area contributed by atoms with Crippen LogP contribution in [0.25, 0.3) is 21.0 Å². The molecule has 0 aliphatic carbocycles. The summed E-state index contributed by atoms with van der Waals surface area (Å²) in [4.78, 5) is 18.0. The zero-order valence-corrected chi connectivity index (χ0v) is 16.1. The van der Waals surface area contributed by atoms with E-state index in [1.807, 2.05) is 43.3 Å². The van der Waals surface area contributed by atoms with Crippen LogP contribution >= 0.6 is 11.3 Å². The molecule has 6 rings (SSSR count). The number of fused-ring (bicyclic) bond motifs is 7. The number of ether oxygens (including phenoxy) is 1. The van der Waals surface area contributed by atoms with E-state index < -0.39 is 5.72 Å². The first-order valence-electron chi connectivity index (χ1n) is 9.49. The van der Waals surface area contributed by atoms with E-state index in [2.05, 4.69) is 29.6 Å². The quantitative estimate of drug-likeness (QED) is 0.504. The van der Waals surface area contributed by atoms with Crippen LogP contribution in [0.15, 0.2) is 60.7 Å². The average Bonchev–Trinajstić information content (AvgIpc) is 3.10. The highest BCUT2D eigenvalue weighted by Crippen LogP contribution is 2.52. The van der Waals surface area contributed by atoms with Crippen molar-refractivity contribution in [3.05, 3.63) is 71.2 Å². The molecule has 0 radical (unpaired) electrons. The molecule has 3 atom stereocenters. The molecule has 28 heavy (non-hydrogen) atoms. The Morgan fingerprint density at radius 2 is 1.93 bits per heavy atom. The Labute approximate surface area is 166 Å². The highest BCUT2D eigenvalue weighted by molar-refractivity contribution is 7.18. The number of rotatable bonds is 1. The lowest BCUT2D eigenvalue weighted by molar-refractivity contribution is -0.135. The second kappa shape index (κ2) is 5.55. The van der Waals surface area contributed by atoms with E-state index in [1.165, 1.54) is 5.39 Å². The van der Waals surface area contributed by atoms with Gasteiger partial charge in [0, 0.05) is 17.9 Å². The van der Waals surface area contributed by atoms with Crippen molar-refractivity contribution < 1.29 is 9.53 Å². The fourth-order valence-corrected chi connectivity index (χ4v) is 5.88. The second-order valence-corrected chi connectivity index (χ2v) is 8.89. The fraction of sp³-hybridized carbons (Fsp3) is 0.217. The maximum absolute atomic E-state index is 13.2. The normalized spacial score (nSPS) is 26.0. The van der Waals surface area contributed by atoms with Gasteiger partial charge in [-0.1, -0.05) is 42.5 Å². The number of aromatic nitrogens is 1. The third kappa shape index (κ3) is 2.23. The number of nitrogens with one attached hydrogen (secondary N) is 1. The monoisotopic (exact) mass is 386 g/mol. The molecule has 3 heterocycles. The summed E-state index contributed by atoms with van der Waals surface area (Å²) < 4.78 is 7.38. The molecule has 4 nitrogen and oxygen atoms in total. The summed E-state index contributed by atoms with van der Waals surface area (Å²) in [6.45, 7) is 1.96. The van der Waals surface area contributed by atoms with Crippen molar-refractivity contribution in [2.75, 3.05) is 0 Å². The molecule has 0 unspecified atom stereocenters. The molecule has 1 aromatic heterocycles. The number of hydrogen-bond acceptors (Lipinski definition) is 4. The highest BCUT2D eigenvalue weighted by atomic mass is 32.1. The number of hydrogen-bond donors (Lipinski definition) is 1. The van der Waals surface area contributed by atoms with Crippen molar-refractivity contribution in [2.24, 2.45) is 0 Å². The van der Waals surface area contributed by atoms with Gasteiger partial charge in [0.15, 0.2) is 5.72 Å². The van der Waals surface area contributed by atoms with E-state index in [4.69, 9.17) is 9.72 Å². The molecule has 4 aromatic rings. The van der Waals surface area contributed by atoms with Crippen LogP contribution in [-0.2, 0) is 4.79 Å². The molecule has 2 aliphatic heterocycles. The van der Waals surface area contributed by atoms with Crippen LogP contribution in [0.2, 0.25) is 0 Å². The van der Waals surface area contributed by atoms with Gasteiger partial charge in [-0.05, 0) is 35.9 Å². The molecule has 0 spiro atoms. The molecule has 138 valence electrons. The van der Waals surface area contributed by atoms with E-state index >= 15 is 0 Å². The Balaban J connectivity index is 1.59. The van der Waals surface area contributed by atoms with Gasteiger partial charge in [0.2, 0.25) is 5.91 Å². The van der Waals surface area contributed by atoms with E-state index in [-0.39, 0.29) is 17.7 Å². The van der Waals surface area contributed by atoms with Crippen molar-refractivity contribution in [1.82, 2.24) is 10.3 Å². The first-order valence-corrected chi connectivity index (χ1v) is 10.3. The van der Waals surface area contributed by atoms with Crippen LogP contribution in [0.5, 0.6) is 5.75 Å². The van der Waals surface area contributed by atoms with Crippen molar-refractivity contribution >= 4 is 38.2 Å². The highest BCUT2D eigenvalue weighted by Gasteiger charge is 2.51. The zero-order valence-electron chi connectivity index (χ0n) is 15.3. The van der Waals surface area contributed by atoms with E-state index in [1.54, 1.807) is 11.3 Å². The maximum Gasteiger partial charge on any atom is 0.233 e. The third-order valence-electron chi connectivity index (χ3n) is 5.90. The molecule has 1 saturated heterocycles. The summed E-state index contributed by atoms with van der Waals surface area (Å²) in [5.41, 5.74) is 1.41. The first kappa shape index (κ1) is 16.1. The SMILES string of the molecule is C[C@]12C[C@H](c3c(ccc4ccccc34)O1)[C@H](c1nc3ccccc3s1)C(=O)N2. The van der Waals surface area contributed by atoms with Gasteiger partial charge in [0.05, 0.1) is 16.1 Å². The molecule has 1 fully saturated rings. The molecular formula is C23H18N2O2S. The van der Waals surface area contributed by atoms with Crippen LogP contribution < -0.4 is 10.1 Å². The maximum atomic E-state index is 13.2. The van der Waals surface area contributed by atoms with Crippen molar-refractivity contribution in [2.45, 2.75) is 30.9 Å². The van der Waals surface area contributed by atoms with Crippen LogP contribution in [0.1, 0.15) is 35.8 Å². The Bertz CT molecular complexity index is 1230. The van der Waals surface area contributed by atoms with E-state index in [0.717, 1.165) is 38.3 Å². The summed E-state index contributed by atoms with van der Waals surface area (Å²) >= 11 is 1.62. The van der Waals surface area contributed by atoms with Crippen molar-refractivity contribution in [3.63, 3.8) is 0 Å². The van der Waals surface area contributed by atoms with Gasteiger partial charge in [0.1, 0.15) is 10.8 Å². The van der Waals surface area contributed by atoms with Gasteiger partial charge < -0.3 is 10.1 Å². The summed E-state index contributed by atoms with van der Waals surface area (Å²) in [5.74, 6) is 0.591. The summed E-state index contributed by atoms with van der Waals surface area (Å²) in [6, 6.07) is 20.5. The van der Waals surface area contributed by atoms with Crippen LogP contribution in [-0.4, -0.2) is 16.6 Å². The Hall–Kier alpha value is -2.92. The average molecular weight is 386 g/mol.